The minimum Gasteiger partial charge on any atom is -0.388 e. The molecule has 0 radical (unpaired) electrons. The highest BCUT2D eigenvalue weighted by Crippen LogP contribution is 2.40. The highest BCUT2D eigenvalue weighted by atomic mass is 19.3. The second-order valence-corrected chi connectivity index (χ2v) is 4.88. The van der Waals surface area contributed by atoms with Crippen LogP contribution in [0.3, 0.4) is 0 Å². The first-order chi connectivity index (χ1) is 11.4. The van der Waals surface area contributed by atoms with Crippen LogP contribution < -0.4 is 5.32 Å². The van der Waals surface area contributed by atoms with E-state index in [0.717, 1.165) is 22.9 Å². The third-order valence-corrected chi connectivity index (χ3v) is 2.99. The van der Waals surface area contributed by atoms with Crippen molar-refractivity contribution in [2.45, 2.75) is 46.5 Å². The van der Waals surface area contributed by atoms with Gasteiger partial charge in [0.15, 0.2) is 5.82 Å². The van der Waals surface area contributed by atoms with Gasteiger partial charge in [0.1, 0.15) is 12.6 Å². The van der Waals surface area contributed by atoms with Gasteiger partial charge < -0.3 is 10.1 Å². The number of carbonyl (C=O) groups is 1. The topological polar surface area (TPSA) is 70.7 Å². The summed E-state index contributed by atoms with van der Waals surface area (Å²) in [7, 11) is 1.90. The van der Waals surface area contributed by atoms with Gasteiger partial charge in [0, 0.05) is 31.1 Å². The number of alkyl halides is 2. The Morgan fingerprint density at radius 3 is 2.12 bits per heavy atom. The number of anilines is 1. The first-order valence-corrected chi connectivity index (χ1v) is 7.76. The van der Waals surface area contributed by atoms with Crippen molar-refractivity contribution < 1.29 is 13.6 Å². The zero-order valence-corrected chi connectivity index (χ0v) is 14.9. The second-order valence-electron chi connectivity index (χ2n) is 4.88. The van der Waals surface area contributed by atoms with E-state index >= 15 is 0 Å². The number of rotatable bonds is 2. The van der Waals surface area contributed by atoms with Crippen molar-refractivity contribution in [1.82, 2.24) is 15.2 Å². The molecule has 1 aromatic heterocycles. The lowest BCUT2D eigenvalue weighted by Crippen LogP contribution is -1.91. The molecule has 0 amide bonds. The molecule has 134 valence electrons. The van der Waals surface area contributed by atoms with Crippen LogP contribution in [0, 0.1) is 13.8 Å². The zero-order valence-electron chi connectivity index (χ0n) is 14.9. The maximum atomic E-state index is 11.1. The lowest BCUT2D eigenvalue weighted by Gasteiger charge is -2.05. The normalized spacial score (nSPS) is 13.1. The number of aryl methyl sites for hydroxylation is 2. The van der Waals surface area contributed by atoms with Gasteiger partial charge in [-0.05, 0) is 31.5 Å². The van der Waals surface area contributed by atoms with Gasteiger partial charge in [-0.3, -0.25) is 5.10 Å². The summed E-state index contributed by atoms with van der Waals surface area (Å²) in [5, 5.41) is 10.1. The van der Waals surface area contributed by atoms with Gasteiger partial charge in [0.05, 0.1) is 0 Å². The molecule has 1 aliphatic carbocycles. The molecule has 0 unspecified atom stereocenters. The molecular weight excluding hydrogens is 314 g/mol. The van der Waals surface area contributed by atoms with E-state index in [1.807, 2.05) is 40.7 Å². The Morgan fingerprint density at radius 2 is 1.75 bits per heavy atom. The van der Waals surface area contributed by atoms with E-state index in [4.69, 9.17) is 4.79 Å². The summed E-state index contributed by atoms with van der Waals surface area (Å²) in [6, 6.07) is 6.16. The largest absolute Gasteiger partial charge is 0.388 e. The smallest absolute Gasteiger partial charge is 0.248 e. The van der Waals surface area contributed by atoms with Crippen molar-refractivity contribution >= 4 is 12.5 Å². The lowest BCUT2D eigenvalue weighted by molar-refractivity contribution is -0.0980. The van der Waals surface area contributed by atoms with Crippen LogP contribution in [-0.4, -0.2) is 34.9 Å². The first-order valence-electron chi connectivity index (χ1n) is 7.76. The number of carbonyl (C=O) groups excluding carboxylic acids is 1. The average molecular weight is 340 g/mol. The summed E-state index contributed by atoms with van der Waals surface area (Å²) in [6.07, 6.45) is 0.236. The molecule has 2 aromatic rings. The highest BCUT2D eigenvalue weighted by Gasteiger charge is 2.43. The zero-order chi connectivity index (χ0) is 18.8. The predicted octanol–water partition coefficient (Wildman–Crippen LogP) is 4.39. The summed E-state index contributed by atoms with van der Waals surface area (Å²) < 4.78 is 22.3. The Hall–Kier alpha value is -2.31. The highest BCUT2D eigenvalue weighted by molar-refractivity contribution is 5.66. The average Bonchev–Trinajstić information content (AvgIpc) is 3.12. The van der Waals surface area contributed by atoms with Gasteiger partial charge >= 0.3 is 0 Å². The number of hydrogen-bond donors (Lipinski definition) is 2. The minimum absolute atomic E-state index is 0.118. The van der Waals surface area contributed by atoms with Gasteiger partial charge in [-0.25, -0.2) is 13.8 Å². The van der Waals surface area contributed by atoms with Crippen molar-refractivity contribution in [2.24, 2.45) is 0 Å². The van der Waals surface area contributed by atoms with Crippen LogP contribution in [0.4, 0.5) is 14.5 Å². The van der Waals surface area contributed by atoms with E-state index in [0.29, 0.717) is 0 Å². The lowest BCUT2D eigenvalue weighted by atomic mass is 10.1. The van der Waals surface area contributed by atoms with Crippen molar-refractivity contribution in [3.05, 3.63) is 29.6 Å². The van der Waals surface area contributed by atoms with Gasteiger partial charge in [0.25, 0.3) is 0 Å². The quantitative estimate of drug-likeness (QED) is 0.851. The summed E-state index contributed by atoms with van der Waals surface area (Å²) in [4.78, 5) is 12.3. The van der Waals surface area contributed by atoms with Crippen LogP contribution >= 0.6 is 0 Å². The molecule has 1 heterocycles. The molecule has 1 saturated carbocycles. The van der Waals surface area contributed by atoms with Crippen LogP contribution in [-0.2, 0) is 4.79 Å². The fourth-order valence-electron chi connectivity index (χ4n) is 1.58. The molecule has 24 heavy (non-hydrogen) atoms. The van der Waals surface area contributed by atoms with Crippen molar-refractivity contribution in [3.8, 4) is 11.4 Å². The Kier molecular flexibility index (Phi) is 9.45. The molecule has 0 aliphatic heterocycles. The first kappa shape index (κ1) is 21.7. The number of hydrogen-bond acceptors (Lipinski definition) is 4. The molecule has 1 aliphatic rings. The van der Waals surface area contributed by atoms with Gasteiger partial charge in [-0.1, -0.05) is 19.9 Å². The van der Waals surface area contributed by atoms with E-state index < -0.39 is 5.92 Å². The number of benzene rings is 1. The molecule has 0 atom stereocenters. The fourth-order valence-corrected chi connectivity index (χ4v) is 1.58. The number of halogens is 2. The minimum atomic E-state index is -2.25. The van der Waals surface area contributed by atoms with E-state index in [-0.39, 0.29) is 12.8 Å². The van der Waals surface area contributed by atoms with Crippen molar-refractivity contribution in [2.75, 3.05) is 12.4 Å². The van der Waals surface area contributed by atoms with Crippen LogP contribution in [0.2, 0.25) is 0 Å². The monoisotopic (exact) mass is 340 g/mol. The number of aromatic nitrogens is 3. The Labute approximate surface area is 141 Å². The van der Waals surface area contributed by atoms with Crippen LogP contribution in [0.5, 0.6) is 0 Å². The molecule has 1 fully saturated rings. The van der Waals surface area contributed by atoms with E-state index in [1.165, 1.54) is 5.56 Å². The Balaban J connectivity index is 0.000000490. The van der Waals surface area contributed by atoms with Gasteiger partial charge in [0.2, 0.25) is 5.92 Å². The molecule has 2 N–H and O–H groups in total. The molecule has 7 heteroatoms. The summed E-state index contributed by atoms with van der Waals surface area (Å²) in [6.45, 7) is 9.95. The van der Waals surface area contributed by atoms with E-state index in [1.54, 1.807) is 0 Å². The Bertz CT molecular complexity index is 608. The van der Waals surface area contributed by atoms with Crippen molar-refractivity contribution in [3.63, 3.8) is 0 Å². The molecule has 3 rings (SSSR count). The predicted molar refractivity (Wildman–Crippen MR) is 93.5 cm³/mol. The van der Waals surface area contributed by atoms with Crippen LogP contribution in [0.25, 0.3) is 11.4 Å². The molecule has 0 saturated heterocycles. The van der Waals surface area contributed by atoms with Gasteiger partial charge in [-0.15, -0.1) is 0 Å². The fraction of sp³-hybridized carbons (Fsp3) is 0.471. The molecular formula is C17H26F2N4O. The number of nitrogens with one attached hydrogen (secondary N) is 2. The second kappa shape index (κ2) is 10.5. The molecule has 1 aromatic carbocycles. The summed E-state index contributed by atoms with van der Waals surface area (Å²) >= 11 is 0. The molecule has 5 nitrogen and oxygen atoms in total. The van der Waals surface area contributed by atoms with Crippen molar-refractivity contribution in [1.29, 1.82) is 0 Å². The summed E-state index contributed by atoms with van der Waals surface area (Å²) in [5.41, 5.74) is 3.30. The SMILES string of the molecule is C=O.CC.CNc1ccc(C)c(-c2n[nH]c(C)n2)c1.FC1(F)CC1. The third-order valence-electron chi connectivity index (χ3n) is 2.99. The van der Waals surface area contributed by atoms with Crippen LogP contribution in [0.15, 0.2) is 18.2 Å². The Morgan fingerprint density at radius 1 is 1.21 bits per heavy atom. The molecule has 0 spiro atoms. The van der Waals surface area contributed by atoms with E-state index in [2.05, 4.69) is 39.6 Å². The standard InChI is InChI=1S/C11H14N4.C3H4F2.C2H6.CH2O/c1-7-4-5-9(12-3)6-10(7)11-13-8(2)14-15-11;4-3(5)1-2-3;2*1-2/h4-6,12H,1-3H3,(H,13,14,15);1-2H2;1-2H3;1H2. The third kappa shape index (κ3) is 7.30. The maximum Gasteiger partial charge on any atom is 0.248 e. The van der Waals surface area contributed by atoms with Crippen LogP contribution in [0.1, 0.15) is 38.1 Å². The molecule has 0 bridgehead atoms. The summed E-state index contributed by atoms with van der Waals surface area (Å²) in [5.74, 6) is -0.665. The maximum absolute atomic E-state index is 11.1. The van der Waals surface area contributed by atoms with E-state index in [9.17, 15) is 8.78 Å². The number of nitrogens with zero attached hydrogens (tertiary/aromatic N) is 2. The number of aromatic amines is 1. The van der Waals surface area contributed by atoms with Gasteiger partial charge in [-0.2, -0.15) is 5.10 Å². The number of H-pyrrole nitrogens is 1.